The Morgan fingerprint density at radius 2 is 1.79 bits per heavy atom. The molecule has 1 rings (SSSR count). The number of carbonyl (C=O) groups is 2. The molecule has 0 saturated heterocycles. The predicted octanol–water partition coefficient (Wildman–Crippen LogP) is 1.86. The van der Waals surface area contributed by atoms with Gasteiger partial charge in [-0.05, 0) is 31.9 Å². The standard InChI is InChI=1S/C15H21NO3/c1-15(2,3)19-14(18)11-16-10-13-6-4-12(5-7-13)8-9-17/h4-7,9,16H,8,10-11H2,1-3H3. The topological polar surface area (TPSA) is 55.4 Å². The van der Waals surface area contributed by atoms with Crippen LogP contribution in [0.1, 0.15) is 31.9 Å². The quantitative estimate of drug-likeness (QED) is 0.628. The van der Waals surface area contributed by atoms with Gasteiger partial charge < -0.3 is 14.8 Å². The largest absolute Gasteiger partial charge is 0.459 e. The Bertz CT molecular complexity index is 418. The van der Waals surface area contributed by atoms with Crippen molar-refractivity contribution in [1.82, 2.24) is 5.32 Å². The van der Waals surface area contributed by atoms with Crippen molar-refractivity contribution in [3.05, 3.63) is 35.4 Å². The molecule has 0 aliphatic rings. The van der Waals surface area contributed by atoms with E-state index in [1.807, 2.05) is 45.0 Å². The molecule has 0 bridgehead atoms. The molecule has 4 heteroatoms. The maximum Gasteiger partial charge on any atom is 0.320 e. The van der Waals surface area contributed by atoms with Crippen molar-refractivity contribution in [3.63, 3.8) is 0 Å². The van der Waals surface area contributed by atoms with Crippen molar-refractivity contribution in [2.45, 2.75) is 39.3 Å². The molecule has 0 heterocycles. The smallest absolute Gasteiger partial charge is 0.320 e. The van der Waals surface area contributed by atoms with Crippen molar-refractivity contribution in [2.24, 2.45) is 0 Å². The van der Waals surface area contributed by atoms with Gasteiger partial charge in [-0.1, -0.05) is 24.3 Å². The molecule has 0 aromatic heterocycles. The molecular formula is C15H21NO3. The van der Waals surface area contributed by atoms with Crippen molar-refractivity contribution < 1.29 is 14.3 Å². The summed E-state index contributed by atoms with van der Waals surface area (Å²) in [7, 11) is 0. The fourth-order valence-corrected chi connectivity index (χ4v) is 1.58. The van der Waals surface area contributed by atoms with Gasteiger partial charge in [0.25, 0.3) is 0 Å². The van der Waals surface area contributed by atoms with Crippen LogP contribution in [-0.2, 0) is 27.3 Å². The van der Waals surface area contributed by atoms with Gasteiger partial charge in [0.1, 0.15) is 11.9 Å². The molecule has 1 aromatic rings. The van der Waals surface area contributed by atoms with Gasteiger partial charge in [0, 0.05) is 13.0 Å². The number of hydrogen-bond acceptors (Lipinski definition) is 4. The molecule has 19 heavy (non-hydrogen) atoms. The van der Waals surface area contributed by atoms with Crippen LogP contribution in [0.5, 0.6) is 0 Å². The van der Waals surface area contributed by atoms with Crippen LogP contribution < -0.4 is 5.32 Å². The average Bonchev–Trinajstić information content (AvgIpc) is 2.29. The van der Waals surface area contributed by atoms with E-state index < -0.39 is 5.60 Å². The van der Waals surface area contributed by atoms with Crippen LogP contribution in [0.3, 0.4) is 0 Å². The third-order valence-corrected chi connectivity index (χ3v) is 2.36. The molecule has 0 fully saturated rings. The summed E-state index contributed by atoms with van der Waals surface area (Å²) in [5.74, 6) is -0.259. The minimum absolute atomic E-state index is 0.188. The lowest BCUT2D eigenvalue weighted by atomic mass is 10.1. The zero-order chi connectivity index (χ0) is 14.3. The number of esters is 1. The van der Waals surface area contributed by atoms with E-state index in [-0.39, 0.29) is 12.5 Å². The highest BCUT2D eigenvalue weighted by atomic mass is 16.6. The molecule has 0 saturated carbocycles. The van der Waals surface area contributed by atoms with Crippen molar-refractivity contribution in [1.29, 1.82) is 0 Å². The zero-order valence-corrected chi connectivity index (χ0v) is 11.7. The van der Waals surface area contributed by atoms with E-state index >= 15 is 0 Å². The van der Waals surface area contributed by atoms with Crippen LogP contribution in [0.4, 0.5) is 0 Å². The molecule has 0 spiro atoms. The maximum atomic E-state index is 11.5. The summed E-state index contributed by atoms with van der Waals surface area (Å²) in [4.78, 5) is 21.8. The molecule has 4 nitrogen and oxygen atoms in total. The van der Waals surface area contributed by atoms with Gasteiger partial charge >= 0.3 is 5.97 Å². The van der Waals surface area contributed by atoms with Crippen LogP contribution in [0.15, 0.2) is 24.3 Å². The number of carbonyl (C=O) groups excluding carboxylic acids is 2. The van der Waals surface area contributed by atoms with Gasteiger partial charge in [0.15, 0.2) is 0 Å². The normalized spacial score (nSPS) is 11.1. The first-order valence-corrected chi connectivity index (χ1v) is 6.35. The SMILES string of the molecule is CC(C)(C)OC(=O)CNCc1ccc(CC=O)cc1. The van der Waals surface area contributed by atoms with Gasteiger partial charge in [-0.25, -0.2) is 0 Å². The van der Waals surface area contributed by atoms with Gasteiger partial charge in [-0.15, -0.1) is 0 Å². The van der Waals surface area contributed by atoms with Crippen LogP contribution in [0, 0.1) is 0 Å². The van der Waals surface area contributed by atoms with Crippen LogP contribution in [0.25, 0.3) is 0 Å². The minimum Gasteiger partial charge on any atom is -0.459 e. The third-order valence-electron chi connectivity index (χ3n) is 2.36. The summed E-state index contributed by atoms with van der Waals surface area (Å²) in [6.07, 6.45) is 1.32. The molecule has 1 aromatic carbocycles. The first kappa shape index (κ1) is 15.4. The molecule has 0 atom stereocenters. The summed E-state index contributed by atoms with van der Waals surface area (Å²) >= 11 is 0. The number of aldehydes is 1. The van der Waals surface area contributed by atoms with Gasteiger partial charge in [0.05, 0.1) is 6.54 Å². The Labute approximate surface area is 114 Å². The van der Waals surface area contributed by atoms with E-state index in [2.05, 4.69) is 5.32 Å². The number of benzene rings is 1. The molecule has 1 N–H and O–H groups in total. The first-order valence-electron chi connectivity index (χ1n) is 6.35. The Morgan fingerprint density at radius 3 is 2.32 bits per heavy atom. The van der Waals surface area contributed by atoms with E-state index in [4.69, 9.17) is 4.74 Å². The van der Waals surface area contributed by atoms with Gasteiger partial charge in [-0.3, -0.25) is 4.79 Å². The Morgan fingerprint density at radius 1 is 1.21 bits per heavy atom. The van der Waals surface area contributed by atoms with Crippen LogP contribution >= 0.6 is 0 Å². The lowest BCUT2D eigenvalue weighted by molar-refractivity contribution is -0.153. The summed E-state index contributed by atoms with van der Waals surface area (Å²) in [5, 5.41) is 3.03. The fraction of sp³-hybridized carbons (Fsp3) is 0.467. The number of ether oxygens (including phenoxy) is 1. The Kier molecular flexibility index (Phi) is 5.70. The first-order chi connectivity index (χ1) is 8.90. The van der Waals surface area contributed by atoms with E-state index in [1.165, 1.54) is 0 Å². The highest BCUT2D eigenvalue weighted by Gasteiger charge is 2.15. The molecular weight excluding hydrogens is 242 g/mol. The highest BCUT2D eigenvalue weighted by Crippen LogP contribution is 2.07. The van der Waals surface area contributed by atoms with E-state index in [0.29, 0.717) is 13.0 Å². The number of nitrogens with one attached hydrogen (secondary N) is 1. The molecule has 0 aliphatic carbocycles. The molecule has 0 radical (unpaired) electrons. The maximum absolute atomic E-state index is 11.5. The van der Waals surface area contributed by atoms with E-state index in [1.54, 1.807) is 0 Å². The highest BCUT2D eigenvalue weighted by molar-refractivity contribution is 5.72. The summed E-state index contributed by atoms with van der Waals surface area (Å²) in [5.41, 5.74) is 1.61. The van der Waals surface area contributed by atoms with Crippen molar-refractivity contribution in [3.8, 4) is 0 Å². The fourth-order valence-electron chi connectivity index (χ4n) is 1.58. The van der Waals surface area contributed by atoms with Gasteiger partial charge in [-0.2, -0.15) is 0 Å². The zero-order valence-electron chi connectivity index (χ0n) is 11.7. The summed E-state index contributed by atoms with van der Waals surface area (Å²) < 4.78 is 5.19. The summed E-state index contributed by atoms with van der Waals surface area (Å²) in [6.45, 7) is 6.32. The second kappa shape index (κ2) is 7.04. The van der Waals surface area contributed by atoms with Gasteiger partial charge in [0.2, 0.25) is 0 Å². The molecule has 104 valence electrons. The Balaban J connectivity index is 2.33. The van der Waals surface area contributed by atoms with Crippen molar-refractivity contribution >= 4 is 12.3 Å². The molecule has 0 unspecified atom stereocenters. The number of hydrogen-bond donors (Lipinski definition) is 1. The molecule has 0 amide bonds. The summed E-state index contributed by atoms with van der Waals surface area (Å²) in [6, 6.07) is 7.72. The Hall–Kier alpha value is -1.68. The monoisotopic (exact) mass is 263 g/mol. The average molecular weight is 263 g/mol. The number of rotatable bonds is 6. The lowest BCUT2D eigenvalue weighted by Gasteiger charge is -2.19. The van der Waals surface area contributed by atoms with Crippen LogP contribution in [-0.4, -0.2) is 24.4 Å². The third kappa shape index (κ3) is 6.72. The second-order valence-corrected chi connectivity index (χ2v) is 5.38. The second-order valence-electron chi connectivity index (χ2n) is 5.38. The minimum atomic E-state index is -0.449. The predicted molar refractivity (Wildman–Crippen MR) is 73.8 cm³/mol. The van der Waals surface area contributed by atoms with Crippen molar-refractivity contribution in [2.75, 3.05) is 6.54 Å². The molecule has 0 aliphatic heterocycles. The van der Waals surface area contributed by atoms with E-state index in [0.717, 1.165) is 17.4 Å². The van der Waals surface area contributed by atoms with Crippen LogP contribution in [0.2, 0.25) is 0 Å². The van der Waals surface area contributed by atoms with E-state index in [9.17, 15) is 9.59 Å². The lowest BCUT2D eigenvalue weighted by Crippen LogP contribution is -2.31.